The lowest BCUT2D eigenvalue weighted by Gasteiger charge is -2.33. The number of amides is 1. The van der Waals surface area contributed by atoms with Crippen LogP contribution < -0.4 is 10.2 Å². The number of hydrogen-bond donors (Lipinski definition) is 1. The number of likely N-dealkylation sites (N-methyl/N-ethyl adjacent to an activating group) is 1. The van der Waals surface area contributed by atoms with Gasteiger partial charge in [0.1, 0.15) is 6.04 Å². The Bertz CT molecular complexity index is 648. The van der Waals surface area contributed by atoms with Gasteiger partial charge in [0.05, 0.1) is 6.26 Å². The van der Waals surface area contributed by atoms with Crippen molar-refractivity contribution in [2.45, 2.75) is 38.3 Å². The second kappa shape index (κ2) is 7.98. The number of nitrogens with one attached hydrogen (secondary N) is 1. The fraction of sp³-hybridized carbons (Fsp3) is 0.588. The smallest absolute Gasteiger partial charge is 0.238 e. The monoisotopic (exact) mass is 353 g/mol. The Morgan fingerprint density at radius 1 is 1.33 bits per heavy atom. The van der Waals surface area contributed by atoms with E-state index in [0.717, 1.165) is 18.5 Å². The summed E-state index contributed by atoms with van der Waals surface area (Å²) in [5.41, 5.74) is 1.08. The topological polar surface area (TPSA) is 69.7 Å². The van der Waals surface area contributed by atoms with E-state index >= 15 is 0 Å². The normalized spacial score (nSPS) is 20.4. The Balaban J connectivity index is 1.94. The summed E-state index contributed by atoms with van der Waals surface area (Å²) in [6, 6.07) is 9.48. The number of nitrogens with zero attached hydrogens (tertiary/aromatic N) is 2. The molecule has 1 aromatic carbocycles. The molecule has 1 N–H and O–H groups in total. The zero-order valence-corrected chi connectivity index (χ0v) is 15.4. The molecule has 7 heteroatoms. The van der Waals surface area contributed by atoms with Gasteiger partial charge in [0, 0.05) is 31.9 Å². The molecule has 134 valence electrons. The molecule has 0 radical (unpaired) electrons. The number of carbonyl (C=O) groups excluding carboxylic acids is 1. The van der Waals surface area contributed by atoms with E-state index in [0.29, 0.717) is 19.5 Å². The number of piperidine rings is 1. The molecule has 0 spiro atoms. The predicted octanol–water partition coefficient (Wildman–Crippen LogP) is 1.44. The molecule has 0 saturated carbocycles. The first-order valence-corrected chi connectivity index (χ1v) is 10.2. The molecule has 0 unspecified atom stereocenters. The number of hydrogen-bond acceptors (Lipinski definition) is 4. The van der Waals surface area contributed by atoms with E-state index in [1.165, 1.54) is 10.6 Å². The van der Waals surface area contributed by atoms with Crippen molar-refractivity contribution in [3.8, 4) is 0 Å². The predicted molar refractivity (Wildman–Crippen MR) is 96.5 cm³/mol. The van der Waals surface area contributed by atoms with E-state index in [1.807, 2.05) is 44.3 Å². The van der Waals surface area contributed by atoms with Crippen LogP contribution in [0.5, 0.6) is 0 Å². The molecule has 1 fully saturated rings. The van der Waals surface area contributed by atoms with Gasteiger partial charge in [-0.25, -0.2) is 8.42 Å². The summed E-state index contributed by atoms with van der Waals surface area (Å²) < 4.78 is 25.1. The molecule has 0 aliphatic carbocycles. The zero-order valence-electron chi connectivity index (χ0n) is 14.6. The molecule has 1 heterocycles. The Morgan fingerprint density at radius 3 is 2.62 bits per heavy atom. The lowest BCUT2D eigenvalue weighted by Crippen LogP contribution is -2.53. The van der Waals surface area contributed by atoms with Gasteiger partial charge in [-0.2, -0.15) is 4.31 Å². The van der Waals surface area contributed by atoms with Crippen LogP contribution >= 0.6 is 0 Å². The first-order chi connectivity index (χ1) is 11.3. The summed E-state index contributed by atoms with van der Waals surface area (Å²) in [5, 5.41) is 2.92. The molecule has 0 bridgehead atoms. The summed E-state index contributed by atoms with van der Waals surface area (Å²) in [5.74, 6) is -0.201. The minimum Gasteiger partial charge on any atom is -0.370 e. The zero-order chi connectivity index (χ0) is 17.7. The largest absolute Gasteiger partial charge is 0.370 e. The highest BCUT2D eigenvalue weighted by atomic mass is 32.2. The molecule has 1 aromatic rings. The third-order valence-corrected chi connectivity index (χ3v) is 5.87. The van der Waals surface area contributed by atoms with Crippen molar-refractivity contribution in [1.82, 2.24) is 9.62 Å². The lowest BCUT2D eigenvalue weighted by atomic mass is 10.0. The van der Waals surface area contributed by atoms with Crippen LogP contribution in [0.1, 0.15) is 26.2 Å². The average molecular weight is 353 g/mol. The van der Waals surface area contributed by atoms with Gasteiger partial charge in [-0.05, 0) is 31.9 Å². The highest BCUT2D eigenvalue weighted by Gasteiger charge is 2.34. The number of sulfonamides is 1. The minimum absolute atomic E-state index is 0.103. The molecule has 2 rings (SSSR count). The third-order valence-electron chi connectivity index (χ3n) is 4.58. The maximum absolute atomic E-state index is 12.5. The maximum atomic E-state index is 12.5. The number of anilines is 1. The molecular formula is C17H27N3O3S. The maximum Gasteiger partial charge on any atom is 0.238 e. The standard InChI is InChI=1S/C17H27N3O3S/c1-14(19(2)15-9-5-4-6-10-15)13-18-17(21)16-11-7-8-12-20(16)24(3,22)23/h4-6,9-10,14,16H,7-8,11-13H2,1-3H3,(H,18,21)/t14-,16-/m1/s1. The van der Waals surface area contributed by atoms with Gasteiger partial charge in [0.25, 0.3) is 0 Å². The van der Waals surface area contributed by atoms with Crippen LogP contribution in [0.3, 0.4) is 0 Å². The highest BCUT2D eigenvalue weighted by Crippen LogP contribution is 2.20. The third kappa shape index (κ3) is 4.70. The Kier molecular flexibility index (Phi) is 6.23. The quantitative estimate of drug-likeness (QED) is 0.840. The summed E-state index contributed by atoms with van der Waals surface area (Å²) in [4.78, 5) is 14.6. The Labute approximate surface area is 144 Å². The SMILES string of the molecule is C[C@H](CNC(=O)[C@H]1CCCCN1S(C)(=O)=O)N(C)c1ccccc1. The van der Waals surface area contributed by atoms with Crippen LogP contribution in [0.2, 0.25) is 0 Å². The van der Waals surface area contributed by atoms with Crippen molar-refractivity contribution in [3.05, 3.63) is 30.3 Å². The van der Waals surface area contributed by atoms with Crippen LogP contribution in [-0.4, -0.2) is 57.1 Å². The highest BCUT2D eigenvalue weighted by molar-refractivity contribution is 7.88. The Hall–Kier alpha value is -1.60. The van der Waals surface area contributed by atoms with Crippen molar-refractivity contribution in [3.63, 3.8) is 0 Å². The van der Waals surface area contributed by atoms with Gasteiger partial charge in [-0.1, -0.05) is 24.6 Å². The molecule has 0 aromatic heterocycles. The van der Waals surface area contributed by atoms with Crippen LogP contribution in [-0.2, 0) is 14.8 Å². The van der Waals surface area contributed by atoms with Crippen LogP contribution in [0, 0.1) is 0 Å². The van der Waals surface area contributed by atoms with Crippen LogP contribution in [0.4, 0.5) is 5.69 Å². The fourth-order valence-electron chi connectivity index (χ4n) is 2.98. The summed E-state index contributed by atoms with van der Waals surface area (Å²) in [6.45, 7) is 2.93. The van der Waals surface area contributed by atoms with Crippen molar-refractivity contribution < 1.29 is 13.2 Å². The van der Waals surface area contributed by atoms with Gasteiger partial charge in [0.15, 0.2) is 0 Å². The van der Waals surface area contributed by atoms with Crippen molar-refractivity contribution in [1.29, 1.82) is 0 Å². The van der Waals surface area contributed by atoms with E-state index in [-0.39, 0.29) is 11.9 Å². The van der Waals surface area contributed by atoms with E-state index < -0.39 is 16.1 Å². The van der Waals surface area contributed by atoms with Gasteiger partial charge < -0.3 is 10.2 Å². The first kappa shape index (κ1) is 18.7. The van der Waals surface area contributed by atoms with Gasteiger partial charge in [-0.15, -0.1) is 0 Å². The summed E-state index contributed by atoms with van der Waals surface area (Å²) >= 11 is 0. The second-order valence-electron chi connectivity index (χ2n) is 6.43. The minimum atomic E-state index is -3.36. The number of carbonyl (C=O) groups is 1. The van der Waals surface area contributed by atoms with E-state index in [4.69, 9.17) is 0 Å². The first-order valence-electron chi connectivity index (χ1n) is 8.33. The van der Waals surface area contributed by atoms with E-state index in [9.17, 15) is 13.2 Å². The average Bonchev–Trinajstić information content (AvgIpc) is 2.58. The van der Waals surface area contributed by atoms with Gasteiger partial charge in [-0.3, -0.25) is 4.79 Å². The van der Waals surface area contributed by atoms with E-state index in [2.05, 4.69) is 10.2 Å². The molecule has 24 heavy (non-hydrogen) atoms. The van der Waals surface area contributed by atoms with Gasteiger partial charge in [0.2, 0.25) is 15.9 Å². The Morgan fingerprint density at radius 2 is 2.00 bits per heavy atom. The number of para-hydroxylation sites is 1. The number of benzene rings is 1. The van der Waals surface area contributed by atoms with Crippen molar-refractivity contribution >= 4 is 21.6 Å². The molecule has 1 aliphatic heterocycles. The lowest BCUT2D eigenvalue weighted by molar-refractivity contribution is -0.125. The van der Waals surface area contributed by atoms with Crippen LogP contribution in [0.25, 0.3) is 0 Å². The molecule has 6 nitrogen and oxygen atoms in total. The molecule has 1 amide bonds. The van der Waals surface area contributed by atoms with Crippen molar-refractivity contribution in [2.24, 2.45) is 0 Å². The molecule has 1 saturated heterocycles. The molecular weight excluding hydrogens is 326 g/mol. The second-order valence-corrected chi connectivity index (χ2v) is 8.36. The van der Waals surface area contributed by atoms with Crippen molar-refractivity contribution in [2.75, 3.05) is 31.3 Å². The summed E-state index contributed by atoms with van der Waals surface area (Å²) in [7, 11) is -1.37. The van der Waals surface area contributed by atoms with Crippen LogP contribution in [0.15, 0.2) is 30.3 Å². The fourth-order valence-corrected chi connectivity index (χ4v) is 4.11. The van der Waals surface area contributed by atoms with Gasteiger partial charge >= 0.3 is 0 Å². The molecule has 1 aliphatic rings. The van der Waals surface area contributed by atoms with E-state index in [1.54, 1.807) is 0 Å². The number of rotatable bonds is 6. The summed E-state index contributed by atoms with van der Waals surface area (Å²) in [6.07, 6.45) is 3.44. The molecule has 2 atom stereocenters.